The van der Waals surface area contributed by atoms with Crippen LogP contribution in [0.5, 0.6) is 11.5 Å². The maximum absolute atomic E-state index is 12.5. The van der Waals surface area contributed by atoms with E-state index in [1.54, 1.807) is 32.4 Å². The van der Waals surface area contributed by atoms with Gasteiger partial charge >= 0.3 is 0 Å². The largest absolute Gasteiger partial charge is 0.497 e. The number of ether oxygens (including phenoxy) is 2. The lowest BCUT2D eigenvalue weighted by atomic mass is 10.2. The molecule has 8 heteroatoms. The molecular weight excluding hydrogens is 376 g/mol. The molecule has 0 fully saturated rings. The van der Waals surface area contributed by atoms with Gasteiger partial charge in [0.2, 0.25) is 5.91 Å². The number of rotatable bonds is 6. The predicted molar refractivity (Wildman–Crippen MR) is 109 cm³/mol. The first kappa shape index (κ1) is 18.1. The van der Waals surface area contributed by atoms with Crippen LogP contribution < -0.4 is 14.8 Å². The van der Waals surface area contributed by atoms with Crippen LogP contribution in [0.4, 0.5) is 5.69 Å². The zero-order valence-corrected chi connectivity index (χ0v) is 16.2. The van der Waals surface area contributed by atoms with Gasteiger partial charge in [-0.25, -0.2) is 0 Å². The molecule has 28 heavy (non-hydrogen) atoms. The third kappa shape index (κ3) is 3.46. The summed E-state index contributed by atoms with van der Waals surface area (Å²) >= 11 is 1.33. The molecule has 7 nitrogen and oxygen atoms in total. The Morgan fingerprint density at radius 1 is 1.07 bits per heavy atom. The van der Waals surface area contributed by atoms with Crippen LogP contribution >= 0.6 is 11.8 Å². The third-order valence-electron chi connectivity index (χ3n) is 4.26. The van der Waals surface area contributed by atoms with Crippen molar-refractivity contribution >= 4 is 39.9 Å². The first-order valence-corrected chi connectivity index (χ1v) is 9.55. The number of fused-ring (bicyclic) bond motifs is 3. The standard InChI is InChI=1S/C20H18N4O3S/c1-26-14-8-9-15(17(11-14)27-2)21-19(25)12-28-20-23-22-18-10-7-13-5-3-4-6-16(13)24(18)20/h3-11H,12H2,1-2H3,(H,21,25). The molecule has 0 spiro atoms. The van der Waals surface area contributed by atoms with Crippen LogP contribution in [0.15, 0.2) is 59.8 Å². The summed E-state index contributed by atoms with van der Waals surface area (Å²) in [6, 6.07) is 17.2. The van der Waals surface area contributed by atoms with E-state index in [0.29, 0.717) is 22.3 Å². The van der Waals surface area contributed by atoms with Gasteiger partial charge in [-0.2, -0.15) is 0 Å². The van der Waals surface area contributed by atoms with Crippen LogP contribution in [-0.2, 0) is 4.79 Å². The van der Waals surface area contributed by atoms with Crippen LogP contribution in [-0.4, -0.2) is 40.5 Å². The van der Waals surface area contributed by atoms with Crippen LogP contribution in [0.2, 0.25) is 0 Å². The van der Waals surface area contributed by atoms with Gasteiger partial charge in [0.25, 0.3) is 0 Å². The number of thioether (sulfide) groups is 1. The van der Waals surface area contributed by atoms with E-state index in [1.165, 1.54) is 11.8 Å². The van der Waals surface area contributed by atoms with Gasteiger partial charge in [0.05, 0.1) is 31.2 Å². The van der Waals surface area contributed by atoms with E-state index in [-0.39, 0.29) is 11.7 Å². The summed E-state index contributed by atoms with van der Waals surface area (Å²) in [5.41, 5.74) is 2.34. The summed E-state index contributed by atoms with van der Waals surface area (Å²) in [6.07, 6.45) is 0. The molecule has 0 unspecified atom stereocenters. The normalized spacial score (nSPS) is 10.9. The molecule has 4 aromatic rings. The van der Waals surface area contributed by atoms with Gasteiger partial charge < -0.3 is 14.8 Å². The molecule has 1 amide bonds. The van der Waals surface area contributed by atoms with Crippen molar-refractivity contribution in [3.8, 4) is 11.5 Å². The molecule has 142 valence electrons. The van der Waals surface area contributed by atoms with Crippen molar-refractivity contribution in [3.05, 3.63) is 54.6 Å². The number of amides is 1. The number of carbonyl (C=O) groups excluding carboxylic acids is 1. The molecule has 0 saturated heterocycles. The predicted octanol–water partition coefficient (Wildman–Crippen LogP) is 3.63. The van der Waals surface area contributed by atoms with E-state index in [2.05, 4.69) is 15.5 Å². The first-order valence-electron chi connectivity index (χ1n) is 8.57. The molecule has 2 aromatic carbocycles. The molecule has 0 aliphatic rings. The fourth-order valence-corrected chi connectivity index (χ4v) is 3.68. The fraction of sp³-hybridized carbons (Fsp3) is 0.150. The summed E-state index contributed by atoms with van der Waals surface area (Å²) in [5.74, 6) is 1.23. The van der Waals surface area contributed by atoms with Gasteiger partial charge in [0.15, 0.2) is 10.8 Å². The molecule has 1 N–H and O–H groups in total. The van der Waals surface area contributed by atoms with Gasteiger partial charge in [-0.05, 0) is 35.7 Å². The number of methoxy groups -OCH3 is 2. The molecule has 0 aliphatic carbocycles. The number of aromatic nitrogens is 3. The number of hydrogen-bond donors (Lipinski definition) is 1. The second-order valence-electron chi connectivity index (χ2n) is 5.97. The van der Waals surface area contributed by atoms with Crippen molar-refractivity contribution in [2.45, 2.75) is 5.16 Å². The highest BCUT2D eigenvalue weighted by molar-refractivity contribution is 7.99. The SMILES string of the molecule is COc1ccc(NC(=O)CSc2nnc3ccc4ccccc4n23)c(OC)c1. The number of pyridine rings is 1. The Labute approximate surface area is 165 Å². The number of nitrogens with zero attached hydrogens (tertiary/aromatic N) is 3. The minimum Gasteiger partial charge on any atom is -0.497 e. The summed E-state index contributed by atoms with van der Waals surface area (Å²) in [5, 5.41) is 13.1. The highest BCUT2D eigenvalue weighted by Crippen LogP contribution is 2.29. The third-order valence-corrected chi connectivity index (χ3v) is 5.19. The Kier molecular flexibility index (Phi) is 5.03. The van der Waals surface area contributed by atoms with Crippen LogP contribution in [0.25, 0.3) is 16.6 Å². The number of anilines is 1. The lowest BCUT2D eigenvalue weighted by Gasteiger charge is -2.11. The van der Waals surface area contributed by atoms with E-state index in [9.17, 15) is 4.79 Å². The quantitative estimate of drug-likeness (QED) is 0.503. The molecule has 0 bridgehead atoms. The average molecular weight is 394 g/mol. The fourth-order valence-electron chi connectivity index (χ4n) is 2.92. The highest BCUT2D eigenvalue weighted by Gasteiger charge is 2.13. The minimum atomic E-state index is -0.162. The smallest absolute Gasteiger partial charge is 0.234 e. The van der Waals surface area contributed by atoms with E-state index >= 15 is 0 Å². The van der Waals surface area contributed by atoms with Crippen molar-refractivity contribution in [1.29, 1.82) is 0 Å². The number of benzene rings is 2. The second-order valence-corrected chi connectivity index (χ2v) is 6.91. The van der Waals surface area contributed by atoms with Crippen molar-refractivity contribution in [2.24, 2.45) is 0 Å². The Hall–Kier alpha value is -3.26. The Morgan fingerprint density at radius 2 is 1.93 bits per heavy atom. The van der Waals surface area contributed by atoms with Crippen molar-refractivity contribution in [2.75, 3.05) is 25.3 Å². The van der Waals surface area contributed by atoms with Gasteiger partial charge in [-0.1, -0.05) is 30.0 Å². The van der Waals surface area contributed by atoms with E-state index in [1.807, 2.05) is 40.8 Å². The molecule has 0 aliphatic heterocycles. The Morgan fingerprint density at radius 3 is 2.75 bits per heavy atom. The van der Waals surface area contributed by atoms with Gasteiger partial charge in [0.1, 0.15) is 11.5 Å². The first-order chi connectivity index (χ1) is 13.7. The summed E-state index contributed by atoms with van der Waals surface area (Å²) in [4.78, 5) is 12.5. The molecule has 0 saturated carbocycles. The molecule has 0 radical (unpaired) electrons. The van der Waals surface area contributed by atoms with E-state index in [0.717, 1.165) is 16.6 Å². The van der Waals surface area contributed by atoms with Crippen molar-refractivity contribution < 1.29 is 14.3 Å². The summed E-state index contributed by atoms with van der Waals surface area (Å²) in [6.45, 7) is 0. The van der Waals surface area contributed by atoms with Crippen LogP contribution in [0, 0.1) is 0 Å². The number of nitrogens with one attached hydrogen (secondary N) is 1. The van der Waals surface area contributed by atoms with Gasteiger partial charge in [-0.15, -0.1) is 10.2 Å². The zero-order chi connectivity index (χ0) is 19.5. The highest BCUT2D eigenvalue weighted by atomic mass is 32.2. The molecule has 2 heterocycles. The van der Waals surface area contributed by atoms with Crippen LogP contribution in [0.1, 0.15) is 0 Å². The summed E-state index contributed by atoms with van der Waals surface area (Å²) < 4.78 is 12.5. The van der Waals surface area contributed by atoms with E-state index < -0.39 is 0 Å². The van der Waals surface area contributed by atoms with Crippen molar-refractivity contribution in [3.63, 3.8) is 0 Å². The van der Waals surface area contributed by atoms with Crippen molar-refractivity contribution in [1.82, 2.24) is 14.6 Å². The molecule has 0 atom stereocenters. The number of hydrogen-bond acceptors (Lipinski definition) is 6. The zero-order valence-electron chi connectivity index (χ0n) is 15.4. The van der Waals surface area contributed by atoms with E-state index in [4.69, 9.17) is 9.47 Å². The van der Waals surface area contributed by atoms with Gasteiger partial charge in [0, 0.05) is 6.07 Å². The number of carbonyl (C=O) groups is 1. The molecular formula is C20H18N4O3S. The lowest BCUT2D eigenvalue weighted by Crippen LogP contribution is -2.15. The minimum absolute atomic E-state index is 0.162. The average Bonchev–Trinajstić information content (AvgIpc) is 3.16. The molecule has 2 aromatic heterocycles. The van der Waals surface area contributed by atoms with Gasteiger partial charge in [-0.3, -0.25) is 9.20 Å². The topological polar surface area (TPSA) is 77.8 Å². The maximum atomic E-state index is 12.5. The molecule has 4 rings (SSSR count). The van der Waals surface area contributed by atoms with Crippen LogP contribution in [0.3, 0.4) is 0 Å². The monoisotopic (exact) mass is 394 g/mol. The second kappa shape index (κ2) is 7.77. The lowest BCUT2D eigenvalue weighted by molar-refractivity contribution is -0.113. The maximum Gasteiger partial charge on any atom is 0.234 e. The number of para-hydroxylation sites is 1. The summed E-state index contributed by atoms with van der Waals surface area (Å²) in [7, 11) is 3.13. The Balaban J connectivity index is 1.52. The Bertz CT molecular complexity index is 1160.